The van der Waals surface area contributed by atoms with E-state index in [-0.39, 0.29) is 6.10 Å². The molecule has 0 N–H and O–H groups in total. The molecule has 25 heavy (non-hydrogen) atoms. The SMILES string of the molecule is COC1CCOc2c(SC)cc(-c3c(C=O)noc3C3CC3)c(Cl)c21. The van der Waals surface area contributed by atoms with E-state index in [1.807, 2.05) is 12.3 Å². The number of hydrogen-bond acceptors (Lipinski definition) is 6. The number of ether oxygens (including phenoxy) is 2. The van der Waals surface area contributed by atoms with Crippen LogP contribution in [-0.2, 0) is 4.74 Å². The van der Waals surface area contributed by atoms with Crippen molar-refractivity contribution in [1.82, 2.24) is 5.16 Å². The summed E-state index contributed by atoms with van der Waals surface area (Å²) in [6.45, 7) is 0.592. The van der Waals surface area contributed by atoms with Crippen molar-refractivity contribution >= 4 is 29.6 Å². The van der Waals surface area contributed by atoms with Crippen LogP contribution < -0.4 is 4.74 Å². The van der Waals surface area contributed by atoms with Gasteiger partial charge in [0.25, 0.3) is 0 Å². The van der Waals surface area contributed by atoms with Crippen molar-refractivity contribution in [2.24, 2.45) is 0 Å². The summed E-state index contributed by atoms with van der Waals surface area (Å²) < 4.78 is 17.0. The molecule has 2 aliphatic rings. The Morgan fingerprint density at radius 3 is 2.84 bits per heavy atom. The van der Waals surface area contributed by atoms with Crippen LogP contribution in [0, 0.1) is 0 Å². The molecule has 1 aliphatic heterocycles. The minimum atomic E-state index is -0.133. The number of methoxy groups -OCH3 is 1. The molecule has 2 aromatic rings. The van der Waals surface area contributed by atoms with Crippen LogP contribution in [0.1, 0.15) is 53.1 Å². The molecule has 1 aliphatic carbocycles. The van der Waals surface area contributed by atoms with Crippen molar-refractivity contribution in [2.45, 2.75) is 36.2 Å². The van der Waals surface area contributed by atoms with Crippen LogP contribution in [0.25, 0.3) is 11.1 Å². The molecule has 1 unspecified atom stereocenters. The first kappa shape index (κ1) is 16.9. The van der Waals surface area contributed by atoms with Crippen molar-refractivity contribution in [2.75, 3.05) is 20.0 Å². The minimum Gasteiger partial charge on any atom is -0.492 e. The van der Waals surface area contributed by atoms with Crippen LogP contribution in [-0.4, -0.2) is 31.4 Å². The number of hydrogen-bond donors (Lipinski definition) is 0. The van der Waals surface area contributed by atoms with Crippen LogP contribution >= 0.6 is 23.4 Å². The normalized spacial score (nSPS) is 19.4. The van der Waals surface area contributed by atoms with E-state index in [9.17, 15) is 4.79 Å². The molecule has 1 fully saturated rings. The first-order valence-electron chi connectivity index (χ1n) is 8.20. The number of benzene rings is 1. The van der Waals surface area contributed by atoms with Gasteiger partial charge in [0.2, 0.25) is 0 Å². The lowest BCUT2D eigenvalue weighted by atomic mass is 9.95. The first-order valence-corrected chi connectivity index (χ1v) is 9.80. The second kappa shape index (κ2) is 6.67. The average molecular weight is 380 g/mol. The molecule has 0 bridgehead atoms. The molecule has 1 aromatic heterocycles. The van der Waals surface area contributed by atoms with E-state index >= 15 is 0 Å². The van der Waals surface area contributed by atoms with Crippen molar-refractivity contribution in [1.29, 1.82) is 0 Å². The average Bonchev–Trinajstić information content (AvgIpc) is 3.40. The summed E-state index contributed by atoms with van der Waals surface area (Å²) in [5, 5.41) is 4.50. The number of rotatable bonds is 5. The molecule has 0 radical (unpaired) electrons. The van der Waals surface area contributed by atoms with Gasteiger partial charge in [0.1, 0.15) is 11.5 Å². The summed E-state index contributed by atoms with van der Waals surface area (Å²) in [7, 11) is 1.67. The van der Waals surface area contributed by atoms with Crippen molar-refractivity contribution in [3.8, 4) is 16.9 Å². The number of thioether (sulfide) groups is 1. The number of fused-ring (bicyclic) bond motifs is 1. The van der Waals surface area contributed by atoms with Gasteiger partial charge in [0.05, 0.1) is 28.2 Å². The number of carbonyl (C=O) groups excluding carboxylic acids is 1. The molecule has 2 heterocycles. The van der Waals surface area contributed by atoms with Crippen LogP contribution in [0.2, 0.25) is 5.02 Å². The van der Waals surface area contributed by atoms with Crippen molar-refractivity contribution in [3.63, 3.8) is 0 Å². The van der Waals surface area contributed by atoms with E-state index in [0.29, 0.717) is 28.8 Å². The maximum absolute atomic E-state index is 11.5. The Bertz CT molecular complexity index is 831. The molecule has 1 atom stereocenters. The lowest BCUT2D eigenvalue weighted by Gasteiger charge is -2.28. The van der Waals surface area contributed by atoms with Crippen LogP contribution in [0.15, 0.2) is 15.5 Å². The van der Waals surface area contributed by atoms with Gasteiger partial charge in [-0.2, -0.15) is 0 Å². The number of halogens is 1. The number of carbonyl (C=O) groups is 1. The Morgan fingerprint density at radius 1 is 1.40 bits per heavy atom. The molecule has 7 heteroatoms. The number of nitrogens with zero attached hydrogens (tertiary/aromatic N) is 1. The van der Waals surface area contributed by atoms with Gasteiger partial charge < -0.3 is 14.0 Å². The highest BCUT2D eigenvalue weighted by atomic mass is 35.5. The van der Waals surface area contributed by atoms with E-state index in [1.54, 1.807) is 18.9 Å². The van der Waals surface area contributed by atoms with Gasteiger partial charge in [-0.05, 0) is 25.2 Å². The van der Waals surface area contributed by atoms with E-state index < -0.39 is 0 Å². The van der Waals surface area contributed by atoms with Gasteiger partial charge in [0.15, 0.2) is 12.0 Å². The summed E-state index contributed by atoms with van der Waals surface area (Å²) >= 11 is 8.37. The fourth-order valence-corrected chi connectivity index (χ4v) is 4.29. The van der Waals surface area contributed by atoms with E-state index in [1.165, 1.54) is 0 Å². The molecule has 1 saturated carbocycles. The molecule has 0 amide bonds. The lowest BCUT2D eigenvalue weighted by molar-refractivity contribution is 0.0625. The number of aromatic nitrogens is 1. The summed E-state index contributed by atoms with van der Waals surface area (Å²) in [5.74, 6) is 1.84. The van der Waals surface area contributed by atoms with E-state index in [2.05, 4.69) is 5.16 Å². The highest BCUT2D eigenvalue weighted by Crippen LogP contribution is 2.52. The summed E-state index contributed by atoms with van der Waals surface area (Å²) in [6, 6.07) is 1.97. The van der Waals surface area contributed by atoms with Gasteiger partial charge in [-0.15, -0.1) is 11.8 Å². The molecule has 0 spiro atoms. The lowest BCUT2D eigenvalue weighted by Crippen LogP contribution is -2.17. The van der Waals surface area contributed by atoms with E-state index in [0.717, 1.165) is 53.1 Å². The maximum Gasteiger partial charge on any atom is 0.172 e. The maximum atomic E-state index is 11.5. The zero-order valence-corrected chi connectivity index (χ0v) is 15.6. The Morgan fingerprint density at radius 2 is 2.20 bits per heavy atom. The minimum absolute atomic E-state index is 0.133. The summed E-state index contributed by atoms with van der Waals surface area (Å²) in [5.41, 5.74) is 2.61. The van der Waals surface area contributed by atoms with Crippen LogP contribution in [0.5, 0.6) is 5.75 Å². The highest BCUT2D eigenvalue weighted by Gasteiger charge is 2.36. The second-order valence-electron chi connectivity index (χ2n) is 6.24. The Kier molecular flexibility index (Phi) is 4.52. The molecule has 132 valence electrons. The fourth-order valence-electron chi connectivity index (χ4n) is 3.35. The zero-order valence-electron chi connectivity index (χ0n) is 14.0. The Balaban J connectivity index is 1.98. The largest absolute Gasteiger partial charge is 0.492 e. The Labute approximate surface area is 155 Å². The Hall–Kier alpha value is -1.50. The fraction of sp³-hybridized carbons (Fsp3) is 0.444. The third kappa shape index (κ3) is 2.76. The van der Waals surface area contributed by atoms with Crippen LogP contribution in [0.4, 0.5) is 0 Å². The second-order valence-corrected chi connectivity index (χ2v) is 7.47. The first-order chi connectivity index (χ1) is 12.2. The third-order valence-electron chi connectivity index (χ3n) is 4.74. The van der Waals surface area contributed by atoms with Gasteiger partial charge in [-0.3, -0.25) is 4.79 Å². The monoisotopic (exact) mass is 379 g/mol. The quantitative estimate of drug-likeness (QED) is 0.545. The van der Waals surface area contributed by atoms with Crippen LogP contribution in [0.3, 0.4) is 0 Å². The smallest absolute Gasteiger partial charge is 0.172 e. The van der Waals surface area contributed by atoms with Gasteiger partial charge >= 0.3 is 0 Å². The standard InChI is InChI=1S/C18H18ClNO4S/c1-22-12-5-6-23-18-13(25-2)7-10(16(19)15(12)18)14-11(8-21)20-24-17(14)9-3-4-9/h7-9,12H,3-6H2,1-2H3. The van der Waals surface area contributed by atoms with Gasteiger partial charge in [-0.1, -0.05) is 16.8 Å². The molecule has 0 saturated heterocycles. The van der Waals surface area contributed by atoms with Crippen molar-refractivity contribution in [3.05, 3.63) is 28.1 Å². The molecule has 4 rings (SSSR count). The summed E-state index contributed by atoms with van der Waals surface area (Å²) in [4.78, 5) is 12.5. The number of aldehydes is 1. The third-order valence-corrected chi connectivity index (χ3v) is 5.89. The molecular weight excluding hydrogens is 362 g/mol. The molecular formula is C18H18ClNO4S. The van der Waals surface area contributed by atoms with Crippen molar-refractivity contribution < 1.29 is 18.8 Å². The van der Waals surface area contributed by atoms with E-state index in [4.69, 9.17) is 25.6 Å². The summed E-state index contributed by atoms with van der Waals surface area (Å²) in [6.07, 6.45) is 5.41. The predicted molar refractivity (Wildman–Crippen MR) is 96.0 cm³/mol. The predicted octanol–water partition coefficient (Wildman–Crippen LogP) is 4.88. The van der Waals surface area contributed by atoms with Gasteiger partial charge in [0, 0.05) is 30.6 Å². The van der Waals surface area contributed by atoms with Gasteiger partial charge in [-0.25, -0.2) is 0 Å². The topological polar surface area (TPSA) is 61.6 Å². The highest BCUT2D eigenvalue weighted by molar-refractivity contribution is 7.98. The molecule has 5 nitrogen and oxygen atoms in total. The zero-order chi connectivity index (χ0) is 17.6. The molecule has 1 aromatic carbocycles.